The van der Waals surface area contributed by atoms with Crippen LogP contribution in [0.15, 0.2) is 48.5 Å². The molecule has 1 aliphatic heterocycles. The normalized spacial score (nSPS) is 17.3. The Morgan fingerprint density at radius 3 is 2.87 bits per heavy atom. The van der Waals surface area contributed by atoms with Crippen molar-refractivity contribution in [3.05, 3.63) is 59.1 Å². The average molecular weight is 331 g/mol. The first-order valence-corrected chi connectivity index (χ1v) is 8.06. The molecule has 0 unspecified atom stereocenters. The van der Waals surface area contributed by atoms with Crippen LogP contribution in [-0.4, -0.2) is 30.1 Å². The number of aromatic hydroxyl groups is 1. The van der Waals surface area contributed by atoms with Crippen molar-refractivity contribution in [2.75, 3.05) is 18.0 Å². The maximum absolute atomic E-state index is 12.1. The summed E-state index contributed by atoms with van der Waals surface area (Å²) in [5.41, 5.74) is 1.90. The molecular weight excluding hydrogens is 312 g/mol. The molecule has 0 aromatic heterocycles. The number of anilines is 1. The van der Waals surface area contributed by atoms with E-state index in [9.17, 15) is 9.90 Å². The molecule has 1 amide bonds. The second-order valence-corrected chi connectivity index (χ2v) is 6.26. The highest BCUT2D eigenvalue weighted by Gasteiger charge is 2.24. The monoisotopic (exact) mass is 330 g/mol. The number of benzene rings is 2. The predicted molar refractivity (Wildman–Crippen MR) is 92.0 cm³/mol. The molecule has 1 aliphatic rings. The number of nitrogens with zero attached hydrogens (tertiary/aromatic N) is 1. The van der Waals surface area contributed by atoms with Gasteiger partial charge in [0.15, 0.2) is 0 Å². The Balaban J connectivity index is 1.54. The van der Waals surface area contributed by atoms with Gasteiger partial charge in [-0.05, 0) is 42.3 Å². The number of hydrogen-bond donors (Lipinski definition) is 2. The second kappa shape index (κ2) is 6.92. The number of carbonyl (C=O) groups excluding carboxylic acids is 1. The molecule has 0 aliphatic carbocycles. The summed E-state index contributed by atoms with van der Waals surface area (Å²) >= 11 is 6.03. The van der Waals surface area contributed by atoms with Crippen LogP contribution in [0.2, 0.25) is 5.02 Å². The predicted octanol–water partition coefficient (Wildman–Crippen LogP) is 2.98. The van der Waals surface area contributed by atoms with Crippen molar-refractivity contribution in [3.63, 3.8) is 0 Å². The third-order valence-corrected chi connectivity index (χ3v) is 4.24. The lowest BCUT2D eigenvalue weighted by Gasteiger charge is -2.19. The molecule has 2 aromatic carbocycles. The molecular formula is C18H19ClN2O2. The molecule has 2 aromatic rings. The van der Waals surface area contributed by atoms with Gasteiger partial charge < -0.3 is 15.3 Å². The number of phenolic OH excluding ortho intramolecular Hbond substituents is 1. The molecule has 1 heterocycles. The molecule has 23 heavy (non-hydrogen) atoms. The van der Waals surface area contributed by atoms with Crippen molar-refractivity contribution < 1.29 is 9.90 Å². The molecule has 4 nitrogen and oxygen atoms in total. The zero-order valence-electron chi connectivity index (χ0n) is 12.7. The number of nitrogens with one attached hydrogen (secondary N) is 1. The van der Waals surface area contributed by atoms with Crippen LogP contribution >= 0.6 is 11.6 Å². The SMILES string of the molecule is O=C(Cc1cccc(O)c1)N[C@@H]1CCN(c2cccc(Cl)c2)C1. The Bertz CT molecular complexity index is 705. The minimum absolute atomic E-state index is 0.0199. The number of rotatable bonds is 4. The minimum atomic E-state index is -0.0199. The lowest BCUT2D eigenvalue weighted by Crippen LogP contribution is -2.37. The summed E-state index contributed by atoms with van der Waals surface area (Å²) in [7, 11) is 0. The van der Waals surface area contributed by atoms with Crippen LogP contribution in [0.5, 0.6) is 5.75 Å². The van der Waals surface area contributed by atoms with Gasteiger partial charge in [-0.15, -0.1) is 0 Å². The highest BCUT2D eigenvalue weighted by atomic mass is 35.5. The van der Waals surface area contributed by atoms with E-state index in [-0.39, 0.29) is 24.1 Å². The average Bonchev–Trinajstić information content (AvgIpc) is 2.95. The van der Waals surface area contributed by atoms with Crippen LogP contribution in [0, 0.1) is 0 Å². The maximum atomic E-state index is 12.1. The topological polar surface area (TPSA) is 52.6 Å². The number of halogens is 1. The van der Waals surface area contributed by atoms with Crippen LogP contribution in [0.1, 0.15) is 12.0 Å². The zero-order valence-corrected chi connectivity index (χ0v) is 13.5. The summed E-state index contributed by atoms with van der Waals surface area (Å²) in [6.07, 6.45) is 1.19. The van der Waals surface area contributed by atoms with E-state index in [1.165, 1.54) is 0 Å². The second-order valence-electron chi connectivity index (χ2n) is 5.83. The summed E-state index contributed by atoms with van der Waals surface area (Å²) in [5, 5.41) is 13.2. The van der Waals surface area contributed by atoms with Crippen molar-refractivity contribution in [2.24, 2.45) is 0 Å². The third-order valence-electron chi connectivity index (χ3n) is 4.00. The Kier molecular flexibility index (Phi) is 4.72. The van der Waals surface area contributed by atoms with E-state index >= 15 is 0 Å². The van der Waals surface area contributed by atoms with E-state index in [4.69, 9.17) is 11.6 Å². The first kappa shape index (κ1) is 15.7. The van der Waals surface area contributed by atoms with Gasteiger partial charge in [-0.2, -0.15) is 0 Å². The standard InChI is InChI=1S/C18H19ClN2O2/c19-14-4-2-5-16(11-14)21-8-7-15(12-21)20-18(23)10-13-3-1-6-17(22)9-13/h1-6,9,11,15,22H,7-8,10,12H2,(H,20,23)/t15-/m1/s1. The van der Waals surface area contributed by atoms with Crippen LogP contribution in [0.4, 0.5) is 5.69 Å². The van der Waals surface area contributed by atoms with Crippen LogP contribution in [0.3, 0.4) is 0 Å². The fraction of sp³-hybridized carbons (Fsp3) is 0.278. The van der Waals surface area contributed by atoms with E-state index in [0.717, 1.165) is 35.8 Å². The Morgan fingerprint density at radius 2 is 2.09 bits per heavy atom. The molecule has 0 spiro atoms. The summed E-state index contributed by atoms with van der Waals surface area (Å²) < 4.78 is 0. The smallest absolute Gasteiger partial charge is 0.224 e. The Labute approximate surface area is 140 Å². The van der Waals surface area contributed by atoms with E-state index in [0.29, 0.717) is 0 Å². The highest BCUT2D eigenvalue weighted by Crippen LogP contribution is 2.23. The van der Waals surface area contributed by atoms with E-state index in [1.54, 1.807) is 18.2 Å². The molecule has 120 valence electrons. The quantitative estimate of drug-likeness (QED) is 0.906. The van der Waals surface area contributed by atoms with Crippen LogP contribution < -0.4 is 10.2 Å². The molecule has 1 saturated heterocycles. The van der Waals surface area contributed by atoms with Gasteiger partial charge in [-0.25, -0.2) is 0 Å². The third kappa shape index (κ3) is 4.17. The maximum Gasteiger partial charge on any atom is 0.224 e. The Hall–Kier alpha value is -2.20. The molecule has 0 bridgehead atoms. The number of phenols is 1. The van der Waals surface area contributed by atoms with Gasteiger partial charge in [0.05, 0.1) is 6.42 Å². The fourth-order valence-corrected chi connectivity index (χ4v) is 3.10. The summed E-state index contributed by atoms with van der Waals surface area (Å²) in [5.74, 6) is 0.164. The van der Waals surface area contributed by atoms with Crippen molar-refractivity contribution in [1.29, 1.82) is 0 Å². The molecule has 1 atom stereocenters. The van der Waals surface area contributed by atoms with Crippen molar-refractivity contribution >= 4 is 23.2 Å². The van der Waals surface area contributed by atoms with E-state index in [2.05, 4.69) is 10.2 Å². The van der Waals surface area contributed by atoms with Crippen molar-refractivity contribution in [1.82, 2.24) is 5.32 Å². The van der Waals surface area contributed by atoms with Gasteiger partial charge in [-0.1, -0.05) is 29.8 Å². The van der Waals surface area contributed by atoms with Gasteiger partial charge in [-0.3, -0.25) is 4.79 Å². The first-order chi connectivity index (χ1) is 11.1. The minimum Gasteiger partial charge on any atom is -0.508 e. The van der Waals surface area contributed by atoms with Crippen molar-refractivity contribution in [3.8, 4) is 5.75 Å². The van der Waals surface area contributed by atoms with Crippen molar-refractivity contribution in [2.45, 2.75) is 18.9 Å². The molecule has 0 radical (unpaired) electrons. The largest absolute Gasteiger partial charge is 0.508 e. The fourth-order valence-electron chi connectivity index (χ4n) is 2.92. The van der Waals surface area contributed by atoms with Gasteiger partial charge in [0.1, 0.15) is 5.75 Å². The van der Waals surface area contributed by atoms with Gasteiger partial charge >= 0.3 is 0 Å². The Morgan fingerprint density at radius 1 is 1.26 bits per heavy atom. The van der Waals surface area contributed by atoms with E-state index in [1.807, 2.05) is 30.3 Å². The molecule has 3 rings (SSSR count). The summed E-state index contributed by atoms with van der Waals surface area (Å²) in [4.78, 5) is 14.4. The zero-order chi connectivity index (χ0) is 16.2. The summed E-state index contributed by atoms with van der Waals surface area (Å²) in [6.45, 7) is 1.68. The van der Waals surface area contributed by atoms with Gasteiger partial charge in [0, 0.05) is 29.8 Å². The first-order valence-electron chi connectivity index (χ1n) is 7.68. The van der Waals surface area contributed by atoms with Crippen LogP contribution in [0.25, 0.3) is 0 Å². The summed E-state index contributed by atoms with van der Waals surface area (Å²) in [6, 6.07) is 14.7. The highest BCUT2D eigenvalue weighted by molar-refractivity contribution is 6.30. The van der Waals surface area contributed by atoms with E-state index < -0.39 is 0 Å². The van der Waals surface area contributed by atoms with Crippen LogP contribution in [-0.2, 0) is 11.2 Å². The molecule has 5 heteroatoms. The number of amides is 1. The van der Waals surface area contributed by atoms with Gasteiger partial charge in [0.25, 0.3) is 0 Å². The lowest BCUT2D eigenvalue weighted by molar-refractivity contribution is -0.121. The molecule has 2 N–H and O–H groups in total. The lowest BCUT2D eigenvalue weighted by atomic mass is 10.1. The molecule has 0 saturated carbocycles. The van der Waals surface area contributed by atoms with Gasteiger partial charge in [0.2, 0.25) is 5.91 Å². The number of hydrogen-bond acceptors (Lipinski definition) is 3. The molecule has 1 fully saturated rings. The number of carbonyl (C=O) groups is 1.